The second-order valence-corrected chi connectivity index (χ2v) is 7.98. The first kappa shape index (κ1) is 23.9. The number of anilines is 1. The molecule has 1 amide bonds. The Morgan fingerprint density at radius 1 is 0.865 bits per heavy atom. The average molecular weight is 503 g/mol. The molecule has 10 heteroatoms. The average Bonchev–Trinajstić information content (AvgIpc) is 3.37. The summed E-state index contributed by atoms with van der Waals surface area (Å²) in [5, 5.41) is 6.61. The van der Waals surface area contributed by atoms with E-state index in [9.17, 15) is 22.4 Å². The van der Waals surface area contributed by atoms with E-state index in [0.717, 1.165) is 23.0 Å². The van der Waals surface area contributed by atoms with E-state index in [1.54, 1.807) is 36.4 Å². The molecular formula is C27H17F4N5O. The summed E-state index contributed by atoms with van der Waals surface area (Å²) in [5.74, 6) is -1.10. The fraction of sp³-hybridized carbons (Fsp3) is 0.0370. The van der Waals surface area contributed by atoms with E-state index < -0.39 is 23.6 Å². The van der Waals surface area contributed by atoms with Crippen LogP contribution in [0.4, 0.5) is 23.4 Å². The third-order valence-electron chi connectivity index (χ3n) is 5.51. The summed E-state index contributed by atoms with van der Waals surface area (Å²) in [4.78, 5) is 20.6. The Kier molecular flexibility index (Phi) is 6.22. The van der Waals surface area contributed by atoms with Gasteiger partial charge in [-0.05, 0) is 48.0 Å². The molecule has 0 spiro atoms. The largest absolute Gasteiger partial charge is 0.433 e. The van der Waals surface area contributed by atoms with Gasteiger partial charge in [0.1, 0.15) is 17.3 Å². The fourth-order valence-corrected chi connectivity index (χ4v) is 3.72. The summed E-state index contributed by atoms with van der Waals surface area (Å²) < 4.78 is 56.4. The molecule has 1 N–H and O–H groups in total. The Balaban J connectivity index is 1.37. The summed E-state index contributed by atoms with van der Waals surface area (Å²) in [6.45, 7) is 0. The highest BCUT2D eigenvalue weighted by atomic mass is 19.4. The SMILES string of the molecule is O=C(Nc1ccc(-n2nc(-c3cccnc3)cc2C(F)(F)F)cn1)c1ccc(-c2ccccc2)c(F)c1. The smallest absolute Gasteiger partial charge is 0.307 e. The summed E-state index contributed by atoms with van der Waals surface area (Å²) in [6.07, 6.45) is -0.590. The lowest BCUT2D eigenvalue weighted by molar-refractivity contribution is -0.142. The number of alkyl halides is 3. The van der Waals surface area contributed by atoms with Crippen LogP contribution in [-0.2, 0) is 6.18 Å². The first-order valence-electron chi connectivity index (χ1n) is 11.0. The van der Waals surface area contributed by atoms with Gasteiger partial charge in [-0.3, -0.25) is 9.78 Å². The van der Waals surface area contributed by atoms with Gasteiger partial charge in [-0.2, -0.15) is 18.3 Å². The standard InChI is InChI=1S/C27H17F4N5O/c28-22-13-18(8-10-21(22)17-5-2-1-3-6-17)26(37)34-25-11-9-20(16-33-25)36-24(27(29,30)31)14-23(35-36)19-7-4-12-32-15-19/h1-16H,(H,33,34,37). The maximum Gasteiger partial charge on any atom is 0.433 e. The number of benzene rings is 2. The van der Waals surface area contributed by atoms with Crippen molar-refractivity contribution in [2.75, 3.05) is 5.32 Å². The van der Waals surface area contributed by atoms with Gasteiger partial charge >= 0.3 is 6.18 Å². The molecular weight excluding hydrogens is 486 g/mol. The number of aromatic nitrogens is 4. The highest BCUT2D eigenvalue weighted by molar-refractivity contribution is 6.04. The number of carbonyl (C=O) groups is 1. The van der Waals surface area contributed by atoms with E-state index in [2.05, 4.69) is 20.4 Å². The summed E-state index contributed by atoms with van der Waals surface area (Å²) >= 11 is 0. The Labute approximate surface area is 208 Å². The number of carbonyl (C=O) groups excluding carboxylic acids is 1. The van der Waals surface area contributed by atoms with Gasteiger partial charge in [-0.15, -0.1) is 0 Å². The second kappa shape index (κ2) is 9.65. The summed E-state index contributed by atoms with van der Waals surface area (Å²) in [5.41, 5.74) is 0.666. The molecule has 6 nitrogen and oxygen atoms in total. The first-order chi connectivity index (χ1) is 17.8. The number of nitrogens with zero attached hydrogens (tertiary/aromatic N) is 4. The van der Waals surface area contributed by atoms with Crippen LogP contribution in [0.25, 0.3) is 28.1 Å². The van der Waals surface area contributed by atoms with Crippen molar-refractivity contribution in [1.29, 1.82) is 0 Å². The molecule has 0 atom stereocenters. The molecule has 0 unspecified atom stereocenters. The lowest BCUT2D eigenvalue weighted by atomic mass is 10.0. The molecule has 5 rings (SSSR count). The predicted octanol–water partition coefficient (Wildman–Crippen LogP) is 6.41. The van der Waals surface area contributed by atoms with Crippen LogP contribution in [0, 0.1) is 5.82 Å². The number of halogens is 4. The number of hydrogen-bond donors (Lipinski definition) is 1. The molecule has 0 aliphatic heterocycles. The van der Waals surface area contributed by atoms with E-state index in [4.69, 9.17) is 0 Å². The monoisotopic (exact) mass is 503 g/mol. The van der Waals surface area contributed by atoms with E-state index in [1.165, 1.54) is 36.7 Å². The highest BCUT2D eigenvalue weighted by Gasteiger charge is 2.36. The summed E-state index contributed by atoms with van der Waals surface area (Å²) in [6, 6.07) is 19.8. The van der Waals surface area contributed by atoms with Crippen molar-refractivity contribution in [2.45, 2.75) is 6.18 Å². The van der Waals surface area contributed by atoms with Crippen LogP contribution in [0.1, 0.15) is 16.1 Å². The lowest BCUT2D eigenvalue weighted by Crippen LogP contribution is -2.15. The van der Waals surface area contributed by atoms with E-state index in [-0.39, 0.29) is 22.8 Å². The first-order valence-corrected chi connectivity index (χ1v) is 11.0. The van der Waals surface area contributed by atoms with Crippen LogP contribution in [0.3, 0.4) is 0 Å². The van der Waals surface area contributed by atoms with Crippen molar-refractivity contribution >= 4 is 11.7 Å². The zero-order valence-electron chi connectivity index (χ0n) is 18.9. The normalized spacial score (nSPS) is 11.4. The second-order valence-electron chi connectivity index (χ2n) is 7.98. The third kappa shape index (κ3) is 5.08. The Morgan fingerprint density at radius 2 is 1.65 bits per heavy atom. The minimum Gasteiger partial charge on any atom is -0.307 e. The van der Waals surface area contributed by atoms with Crippen molar-refractivity contribution in [2.24, 2.45) is 0 Å². The summed E-state index contributed by atoms with van der Waals surface area (Å²) in [7, 11) is 0. The van der Waals surface area contributed by atoms with E-state index >= 15 is 0 Å². The molecule has 0 saturated heterocycles. The van der Waals surface area contributed by atoms with Crippen LogP contribution in [0.15, 0.2) is 97.5 Å². The number of pyridine rings is 2. The molecule has 2 aromatic carbocycles. The number of amides is 1. The highest BCUT2D eigenvalue weighted by Crippen LogP contribution is 2.34. The number of hydrogen-bond acceptors (Lipinski definition) is 4. The fourth-order valence-electron chi connectivity index (χ4n) is 3.72. The van der Waals surface area contributed by atoms with Gasteiger partial charge in [0.2, 0.25) is 0 Å². The Bertz CT molecular complexity index is 1550. The van der Waals surface area contributed by atoms with E-state index in [1.807, 2.05) is 6.07 Å². The lowest BCUT2D eigenvalue weighted by Gasteiger charge is -2.11. The van der Waals surface area contributed by atoms with Crippen LogP contribution < -0.4 is 5.32 Å². The Morgan fingerprint density at radius 3 is 2.30 bits per heavy atom. The van der Waals surface area contributed by atoms with E-state index in [0.29, 0.717) is 16.7 Å². The maximum atomic E-state index is 14.6. The molecule has 0 fully saturated rings. The van der Waals surface area contributed by atoms with Gasteiger partial charge in [0.15, 0.2) is 0 Å². The zero-order valence-corrected chi connectivity index (χ0v) is 18.9. The quantitative estimate of drug-likeness (QED) is 0.282. The van der Waals surface area contributed by atoms with Crippen molar-refractivity contribution in [3.05, 3.63) is 115 Å². The van der Waals surface area contributed by atoms with Gasteiger partial charge in [0.05, 0.1) is 17.6 Å². The molecule has 37 heavy (non-hydrogen) atoms. The topological polar surface area (TPSA) is 72.7 Å². The molecule has 0 radical (unpaired) electrons. The van der Waals surface area contributed by atoms with Gasteiger partial charge < -0.3 is 5.32 Å². The maximum absolute atomic E-state index is 14.6. The Hall–Kier alpha value is -4.86. The molecule has 0 aliphatic carbocycles. The number of nitrogens with one attached hydrogen (secondary N) is 1. The van der Waals surface area contributed by atoms with Crippen LogP contribution in [0.2, 0.25) is 0 Å². The molecule has 3 aromatic heterocycles. The molecule has 0 aliphatic rings. The van der Waals surface area contributed by atoms with Crippen LogP contribution >= 0.6 is 0 Å². The predicted molar refractivity (Wildman–Crippen MR) is 129 cm³/mol. The van der Waals surface area contributed by atoms with Crippen molar-refractivity contribution in [1.82, 2.24) is 19.7 Å². The van der Waals surface area contributed by atoms with Crippen molar-refractivity contribution in [3.63, 3.8) is 0 Å². The number of rotatable bonds is 5. The molecule has 184 valence electrons. The van der Waals surface area contributed by atoms with Gasteiger partial charge in [0.25, 0.3) is 5.91 Å². The third-order valence-corrected chi connectivity index (χ3v) is 5.51. The van der Waals surface area contributed by atoms with Gasteiger partial charge in [-0.25, -0.2) is 14.1 Å². The molecule has 3 heterocycles. The molecule has 0 saturated carbocycles. The minimum atomic E-state index is -4.67. The molecule has 5 aromatic rings. The van der Waals surface area contributed by atoms with Crippen molar-refractivity contribution in [3.8, 4) is 28.1 Å². The van der Waals surface area contributed by atoms with Gasteiger partial charge in [0, 0.05) is 29.1 Å². The zero-order chi connectivity index (χ0) is 26.0. The van der Waals surface area contributed by atoms with Gasteiger partial charge in [-0.1, -0.05) is 36.4 Å². The van der Waals surface area contributed by atoms with Crippen molar-refractivity contribution < 1.29 is 22.4 Å². The van der Waals surface area contributed by atoms with Crippen LogP contribution in [0.5, 0.6) is 0 Å². The molecule has 0 bridgehead atoms. The minimum absolute atomic E-state index is 0.0405. The van der Waals surface area contributed by atoms with Crippen LogP contribution in [-0.4, -0.2) is 25.7 Å².